The second kappa shape index (κ2) is 5.35. The molecule has 1 aromatic carbocycles. The van der Waals surface area contributed by atoms with E-state index in [4.69, 9.17) is 4.52 Å². The standard InChI is InChI=1S/C13H15N3O2/c1-9-4-3-5-11(6-9)15-13(17)14-8-12-7-10(2)16-18-12/h3-7H,8H2,1-2H3,(H2,14,15,17). The topological polar surface area (TPSA) is 67.2 Å². The van der Waals surface area contributed by atoms with Gasteiger partial charge in [0.05, 0.1) is 12.2 Å². The first kappa shape index (κ1) is 12.2. The van der Waals surface area contributed by atoms with Crippen LogP contribution in [-0.2, 0) is 6.54 Å². The molecular formula is C13H15N3O2. The minimum absolute atomic E-state index is 0.269. The number of urea groups is 1. The molecule has 0 bridgehead atoms. The molecule has 0 saturated heterocycles. The number of amides is 2. The minimum Gasteiger partial charge on any atom is -0.359 e. The van der Waals surface area contributed by atoms with Gasteiger partial charge in [-0.15, -0.1) is 0 Å². The molecule has 2 N–H and O–H groups in total. The Morgan fingerprint density at radius 2 is 2.17 bits per heavy atom. The molecule has 5 nitrogen and oxygen atoms in total. The van der Waals surface area contributed by atoms with Gasteiger partial charge in [-0.25, -0.2) is 4.79 Å². The molecule has 0 aliphatic heterocycles. The zero-order valence-electron chi connectivity index (χ0n) is 10.4. The fourth-order valence-corrected chi connectivity index (χ4v) is 1.57. The molecule has 2 aromatic rings. The molecule has 1 aromatic heterocycles. The van der Waals surface area contributed by atoms with Crippen molar-refractivity contribution in [3.05, 3.63) is 47.3 Å². The van der Waals surface area contributed by atoms with Gasteiger partial charge in [-0.3, -0.25) is 0 Å². The molecule has 0 radical (unpaired) electrons. The molecule has 0 aliphatic rings. The smallest absolute Gasteiger partial charge is 0.319 e. The Bertz CT molecular complexity index is 549. The van der Waals surface area contributed by atoms with Crippen LogP contribution in [-0.4, -0.2) is 11.2 Å². The fraction of sp³-hybridized carbons (Fsp3) is 0.231. The number of carbonyl (C=O) groups is 1. The van der Waals surface area contributed by atoms with Crippen molar-refractivity contribution in [2.75, 3.05) is 5.32 Å². The van der Waals surface area contributed by atoms with Crippen LogP contribution in [0.15, 0.2) is 34.9 Å². The lowest BCUT2D eigenvalue weighted by molar-refractivity contribution is 0.250. The Morgan fingerprint density at radius 1 is 1.33 bits per heavy atom. The van der Waals surface area contributed by atoms with E-state index >= 15 is 0 Å². The van der Waals surface area contributed by atoms with Gasteiger partial charge in [0.2, 0.25) is 0 Å². The molecule has 5 heteroatoms. The van der Waals surface area contributed by atoms with Gasteiger partial charge in [0.25, 0.3) is 0 Å². The Kier molecular flexibility index (Phi) is 3.62. The lowest BCUT2D eigenvalue weighted by Gasteiger charge is -2.06. The first-order chi connectivity index (χ1) is 8.63. The summed E-state index contributed by atoms with van der Waals surface area (Å²) in [5.74, 6) is 0.631. The Balaban J connectivity index is 1.85. The molecule has 0 aliphatic carbocycles. The van der Waals surface area contributed by atoms with Crippen LogP contribution in [0.4, 0.5) is 10.5 Å². The van der Waals surface area contributed by atoms with Gasteiger partial charge in [-0.2, -0.15) is 0 Å². The van der Waals surface area contributed by atoms with Crippen molar-refractivity contribution in [1.29, 1.82) is 0 Å². The molecule has 0 atom stereocenters. The number of hydrogen-bond acceptors (Lipinski definition) is 3. The molecule has 0 spiro atoms. The SMILES string of the molecule is Cc1cccc(NC(=O)NCc2cc(C)no2)c1. The van der Waals surface area contributed by atoms with Crippen molar-refractivity contribution in [2.24, 2.45) is 0 Å². The van der Waals surface area contributed by atoms with Crippen LogP contribution in [0.1, 0.15) is 17.0 Å². The third kappa shape index (κ3) is 3.35. The number of aryl methyl sites for hydroxylation is 2. The summed E-state index contributed by atoms with van der Waals surface area (Å²) >= 11 is 0. The monoisotopic (exact) mass is 245 g/mol. The summed E-state index contributed by atoms with van der Waals surface area (Å²) in [5.41, 5.74) is 2.66. The fourth-order valence-electron chi connectivity index (χ4n) is 1.57. The van der Waals surface area contributed by atoms with E-state index in [1.807, 2.05) is 38.1 Å². The maximum absolute atomic E-state index is 11.6. The summed E-state index contributed by atoms with van der Waals surface area (Å²) in [6.07, 6.45) is 0. The van der Waals surface area contributed by atoms with Crippen molar-refractivity contribution >= 4 is 11.7 Å². The molecular weight excluding hydrogens is 230 g/mol. The van der Waals surface area contributed by atoms with E-state index < -0.39 is 0 Å². The Morgan fingerprint density at radius 3 is 2.83 bits per heavy atom. The van der Waals surface area contributed by atoms with Gasteiger partial charge in [0.15, 0.2) is 5.76 Å². The number of nitrogens with zero attached hydrogens (tertiary/aromatic N) is 1. The van der Waals surface area contributed by atoms with Crippen molar-refractivity contribution < 1.29 is 9.32 Å². The number of nitrogens with one attached hydrogen (secondary N) is 2. The molecule has 2 amide bonds. The van der Waals surface area contributed by atoms with E-state index in [1.165, 1.54) is 0 Å². The van der Waals surface area contributed by atoms with E-state index in [1.54, 1.807) is 6.07 Å². The lowest BCUT2D eigenvalue weighted by Crippen LogP contribution is -2.28. The quantitative estimate of drug-likeness (QED) is 0.873. The highest BCUT2D eigenvalue weighted by molar-refractivity contribution is 5.89. The summed E-state index contributed by atoms with van der Waals surface area (Å²) in [5, 5.41) is 9.19. The van der Waals surface area contributed by atoms with Crippen LogP contribution in [0.3, 0.4) is 0 Å². The molecule has 94 valence electrons. The van der Waals surface area contributed by atoms with E-state index in [2.05, 4.69) is 15.8 Å². The second-order valence-electron chi connectivity index (χ2n) is 4.11. The summed E-state index contributed by atoms with van der Waals surface area (Å²) in [4.78, 5) is 11.6. The van der Waals surface area contributed by atoms with Crippen LogP contribution in [0, 0.1) is 13.8 Å². The van der Waals surface area contributed by atoms with Crippen molar-refractivity contribution in [3.8, 4) is 0 Å². The summed E-state index contributed by atoms with van der Waals surface area (Å²) in [6.45, 7) is 4.12. The first-order valence-corrected chi connectivity index (χ1v) is 5.67. The third-order valence-corrected chi connectivity index (χ3v) is 2.38. The number of carbonyl (C=O) groups excluding carboxylic acids is 1. The highest BCUT2D eigenvalue weighted by atomic mass is 16.5. The summed E-state index contributed by atoms with van der Waals surface area (Å²) in [6, 6.07) is 9.12. The first-order valence-electron chi connectivity index (χ1n) is 5.67. The number of benzene rings is 1. The van der Waals surface area contributed by atoms with Crippen molar-refractivity contribution in [3.63, 3.8) is 0 Å². The lowest BCUT2D eigenvalue weighted by atomic mass is 10.2. The third-order valence-electron chi connectivity index (χ3n) is 2.38. The van der Waals surface area contributed by atoms with E-state index in [9.17, 15) is 4.79 Å². The molecule has 2 rings (SSSR count). The van der Waals surface area contributed by atoms with Crippen molar-refractivity contribution in [2.45, 2.75) is 20.4 Å². The van der Waals surface area contributed by atoms with Gasteiger partial charge in [0.1, 0.15) is 0 Å². The van der Waals surface area contributed by atoms with Crippen LogP contribution < -0.4 is 10.6 Å². The highest BCUT2D eigenvalue weighted by Gasteiger charge is 2.04. The second-order valence-corrected chi connectivity index (χ2v) is 4.11. The maximum atomic E-state index is 11.6. The normalized spacial score (nSPS) is 10.1. The summed E-state index contributed by atoms with van der Waals surface area (Å²) in [7, 11) is 0. The average molecular weight is 245 g/mol. The van der Waals surface area contributed by atoms with Gasteiger partial charge >= 0.3 is 6.03 Å². The van der Waals surface area contributed by atoms with Gasteiger partial charge < -0.3 is 15.2 Å². The van der Waals surface area contributed by atoms with Crippen LogP contribution in [0.5, 0.6) is 0 Å². The number of rotatable bonds is 3. The number of hydrogen-bond donors (Lipinski definition) is 2. The van der Waals surface area contributed by atoms with Gasteiger partial charge in [-0.05, 0) is 31.5 Å². The summed E-state index contributed by atoms with van der Waals surface area (Å²) < 4.78 is 4.99. The zero-order valence-corrected chi connectivity index (χ0v) is 10.4. The van der Waals surface area contributed by atoms with Crippen molar-refractivity contribution in [1.82, 2.24) is 10.5 Å². The van der Waals surface area contributed by atoms with Gasteiger partial charge in [0, 0.05) is 11.8 Å². The predicted molar refractivity (Wildman–Crippen MR) is 68.3 cm³/mol. The van der Waals surface area contributed by atoms with Crippen LogP contribution in [0.2, 0.25) is 0 Å². The molecule has 0 fully saturated rings. The van der Waals surface area contributed by atoms with Crippen LogP contribution >= 0.6 is 0 Å². The molecule has 0 saturated carbocycles. The highest BCUT2D eigenvalue weighted by Crippen LogP contribution is 2.09. The predicted octanol–water partition coefficient (Wildman–Crippen LogP) is 2.61. The van der Waals surface area contributed by atoms with Crippen LogP contribution in [0.25, 0.3) is 0 Å². The maximum Gasteiger partial charge on any atom is 0.319 e. The molecule has 18 heavy (non-hydrogen) atoms. The average Bonchev–Trinajstić information content (AvgIpc) is 2.73. The Labute approximate surface area is 105 Å². The zero-order chi connectivity index (χ0) is 13.0. The Hall–Kier alpha value is -2.30. The molecule has 0 unspecified atom stereocenters. The molecule has 1 heterocycles. The van der Waals surface area contributed by atoms with E-state index in [0.717, 1.165) is 16.9 Å². The van der Waals surface area contributed by atoms with Gasteiger partial charge in [-0.1, -0.05) is 17.3 Å². The van der Waals surface area contributed by atoms with E-state index in [0.29, 0.717) is 12.3 Å². The van der Waals surface area contributed by atoms with E-state index in [-0.39, 0.29) is 6.03 Å². The number of aromatic nitrogens is 1. The minimum atomic E-state index is -0.269. The number of anilines is 1. The largest absolute Gasteiger partial charge is 0.359 e.